The van der Waals surface area contributed by atoms with Crippen molar-refractivity contribution in [3.63, 3.8) is 0 Å². The highest BCUT2D eigenvalue weighted by Crippen LogP contribution is 2.21. The smallest absolute Gasteiger partial charge is 0.191 e. The third-order valence-electron chi connectivity index (χ3n) is 5.41. The molecule has 0 spiro atoms. The molecule has 0 amide bonds. The summed E-state index contributed by atoms with van der Waals surface area (Å²) in [4.78, 5) is 9.04. The van der Waals surface area contributed by atoms with E-state index >= 15 is 0 Å². The number of aliphatic imine (C=N–C) groups is 1. The third kappa shape index (κ3) is 7.91. The lowest BCUT2D eigenvalue weighted by atomic mass is 10.0. The minimum atomic E-state index is -0.209. The van der Waals surface area contributed by atoms with E-state index in [0.29, 0.717) is 18.5 Å². The minimum Gasteiger partial charge on any atom is -0.379 e. The van der Waals surface area contributed by atoms with Gasteiger partial charge in [-0.3, -0.25) is 9.89 Å². The van der Waals surface area contributed by atoms with Crippen LogP contribution in [0.25, 0.3) is 0 Å². The molecule has 2 N–H and O–H groups in total. The van der Waals surface area contributed by atoms with E-state index in [9.17, 15) is 4.39 Å². The molecule has 1 aromatic carbocycles. The molecule has 6 nitrogen and oxygen atoms in total. The molecule has 0 bridgehead atoms. The van der Waals surface area contributed by atoms with E-state index in [4.69, 9.17) is 4.74 Å². The number of nitrogens with one attached hydrogen (secondary N) is 2. The molecular weight excluding hydrogens is 369 g/mol. The van der Waals surface area contributed by atoms with Gasteiger partial charge in [-0.05, 0) is 44.1 Å². The van der Waals surface area contributed by atoms with Crippen LogP contribution in [0.5, 0.6) is 0 Å². The van der Waals surface area contributed by atoms with Crippen LogP contribution in [0.3, 0.4) is 0 Å². The predicted octanol–water partition coefficient (Wildman–Crippen LogP) is 2.34. The average Bonchev–Trinajstić information content (AvgIpc) is 2.71. The van der Waals surface area contributed by atoms with Gasteiger partial charge in [-0.2, -0.15) is 0 Å². The summed E-state index contributed by atoms with van der Waals surface area (Å²) in [6.45, 7) is 9.22. The summed E-state index contributed by atoms with van der Waals surface area (Å²) in [7, 11) is 6.03. The lowest BCUT2D eigenvalue weighted by Gasteiger charge is -2.35. The highest BCUT2D eigenvalue weighted by molar-refractivity contribution is 5.79. The molecule has 1 heterocycles. The molecule has 1 fully saturated rings. The number of guanidine groups is 1. The van der Waals surface area contributed by atoms with E-state index in [1.807, 2.05) is 12.1 Å². The summed E-state index contributed by atoms with van der Waals surface area (Å²) in [5, 5.41) is 6.94. The third-order valence-corrected chi connectivity index (χ3v) is 5.41. The van der Waals surface area contributed by atoms with Gasteiger partial charge < -0.3 is 20.3 Å². The quantitative estimate of drug-likeness (QED) is 0.486. The number of nitrogens with zero attached hydrogens (tertiary/aromatic N) is 3. The van der Waals surface area contributed by atoms with Crippen molar-refractivity contribution in [2.75, 3.05) is 60.5 Å². The Morgan fingerprint density at radius 2 is 1.76 bits per heavy atom. The fourth-order valence-electron chi connectivity index (χ4n) is 3.68. The SMILES string of the molecule is CN=C(NCC(CC(C)C)N(C)C)NCC(c1ccc(F)cc1)N1CCOCC1. The zero-order valence-corrected chi connectivity index (χ0v) is 18.6. The van der Waals surface area contributed by atoms with Gasteiger partial charge in [-0.15, -0.1) is 0 Å². The molecule has 1 aliphatic rings. The molecule has 7 heteroatoms. The maximum Gasteiger partial charge on any atom is 0.191 e. The van der Waals surface area contributed by atoms with Crippen LogP contribution in [0, 0.1) is 11.7 Å². The van der Waals surface area contributed by atoms with Crippen molar-refractivity contribution in [1.82, 2.24) is 20.4 Å². The fraction of sp³-hybridized carbons (Fsp3) is 0.682. The Morgan fingerprint density at radius 3 is 2.31 bits per heavy atom. The van der Waals surface area contributed by atoms with Gasteiger partial charge in [0.05, 0.1) is 19.3 Å². The van der Waals surface area contributed by atoms with E-state index in [0.717, 1.165) is 50.8 Å². The molecule has 29 heavy (non-hydrogen) atoms. The summed E-state index contributed by atoms with van der Waals surface area (Å²) in [6, 6.07) is 7.39. The molecule has 1 aliphatic heterocycles. The molecule has 164 valence electrons. The predicted molar refractivity (Wildman–Crippen MR) is 118 cm³/mol. The molecule has 0 radical (unpaired) electrons. The van der Waals surface area contributed by atoms with Crippen LogP contribution in [0.1, 0.15) is 31.9 Å². The Kier molecular flexibility index (Phi) is 9.84. The van der Waals surface area contributed by atoms with Gasteiger partial charge in [-0.1, -0.05) is 26.0 Å². The Morgan fingerprint density at radius 1 is 1.14 bits per heavy atom. The highest BCUT2D eigenvalue weighted by atomic mass is 19.1. The Hall–Kier alpha value is -1.70. The van der Waals surface area contributed by atoms with Crippen molar-refractivity contribution in [3.05, 3.63) is 35.6 Å². The van der Waals surface area contributed by atoms with Gasteiger partial charge in [0, 0.05) is 39.3 Å². The van der Waals surface area contributed by atoms with Crippen molar-refractivity contribution in [1.29, 1.82) is 0 Å². The Balaban J connectivity index is 1.99. The largest absolute Gasteiger partial charge is 0.379 e. The van der Waals surface area contributed by atoms with Crippen LogP contribution < -0.4 is 10.6 Å². The number of hydrogen-bond acceptors (Lipinski definition) is 4. The van der Waals surface area contributed by atoms with Crippen LogP contribution in [0.2, 0.25) is 0 Å². The summed E-state index contributed by atoms with van der Waals surface area (Å²) in [5.74, 6) is 1.23. The molecule has 2 unspecified atom stereocenters. The van der Waals surface area contributed by atoms with Gasteiger partial charge in [-0.25, -0.2) is 4.39 Å². The van der Waals surface area contributed by atoms with Gasteiger partial charge in [0.2, 0.25) is 0 Å². The molecule has 0 aromatic heterocycles. The highest BCUT2D eigenvalue weighted by Gasteiger charge is 2.23. The second-order valence-corrected chi connectivity index (χ2v) is 8.30. The molecule has 0 saturated carbocycles. The van der Waals surface area contributed by atoms with E-state index in [2.05, 4.69) is 53.4 Å². The number of hydrogen-bond donors (Lipinski definition) is 2. The molecule has 0 aliphatic carbocycles. The topological polar surface area (TPSA) is 52.1 Å². The maximum absolute atomic E-state index is 13.4. The first-order valence-electron chi connectivity index (χ1n) is 10.6. The monoisotopic (exact) mass is 407 g/mol. The van der Waals surface area contributed by atoms with Crippen LogP contribution in [0.4, 0.5) is 4.39 Å². The summed E-state index contributed by atoms with van der Waals surface area (Å²) >= 11 is 0. The maximum atomic E-state index is 13.4. The van der Waals surface area contributed by atoms with Crippen molar-refractivity contribution < 1.29 is 9.13 Å². The van der Waals surface area contributed by atoms with E-state index in [-0.39, 0.29) is 11.9 Å². The fourth-order valence-corrected chi connectivity index (χ4v) is 3.68. The number of halogens is 1. The summed E-state index contributed by atoms with van der Waals surface area (Å²) in [5.41, 5.74) is 1.10. The average molecular weight is 408 g/mol. The molecule has 1 aromatic rings. The van der Waals surface area contributed by atoms with Gasteiger partial charge in [0.15, 0.2) is 5.96 Å². The molecule has 2 atom stereocenters. The number of benzene rings is 1. The number of ether oxygens (including phenoxy) is 1. The van der Waals surface area contributed by atoms with Crippen LogP contribution >= 0.6 is 0 Å². The van der Waals surface area contributed by atoms with E-state index in [1.54, 1.807) is 7.05 Å². The lowest BCUT2D eigenvalue weighted by molar-refractivity contribution is 0.0170. The number of likely N-dealkylation sites (N-methyl/N-ethyl adjacent to an activating group) is 1. The van der Waals surface area contributed by atoms with Gasteiger partial charge >= 0.3 is 0 Å². The number of rotatable bonds is 9. The standard InChI is InChI=1S/C22H38FN5O/c1-17(2)14-20(27(4)5)15-25-22(24-3)26-16-21(28-10-12-29-13-11-28)18-6-8-19(23)9-7-18/h6-9,17,20-21H,10-16H2,1-5H3,(H2,24,25,26). The lowest BCUT2D eigenvalue weighted by Crippen LogP contribution is -2.48. The summed E-state index contributed by atoms with van der Waals surface area (Å²) in [6.07, 6.45) is 1.13. The summed E-state index contributed by atoms with van der Waals surface area (Å²) < 4.78 is 18.9. The first-order chi connectivity index (χ1) is 13.9. The van der Waals surface area contributed by atoms with Crippen LogP contribution in [-0.2, 0) is 4.74 Å². The zero-order valence-electron chi connectivity index (χ0n) is 18.6. The first-order valence-corrected chi connectivity index (χ1v) is 10.6. The first kappa shape index (κ1) is 23.6. The van der Waals surface area contributed by atoms with Crippen molar-refractivity contribution in [2.24, 2.45) is 10.9 Å². The molecule has 1 saturated heterocycles. The van der Waals surface area contributed by atoms with Crippen LogP contribution in [-0.4, -0.2) is 82.3 Å². The van der Waals surface area contributed by atoms with E-state index < -0.39 is 0 Å². The van der Waals surface area contributed by atoms with Gasteiger partial charge in [0.1, 0.15) is 5.82 Å². The molecule has 2 rings (SSSR count). The van der Waals surface area contributed by atoms with Crippen LogP contribution in [0.15, 0.2) is 29.3 Å². The van der Waals surface area contributed by atoms with Crippen molar-refractivity contribution >= 4 is 5.96 Å². The normalized spacial score (nSPS) is 18.1. The minimum absolute atomic E-state index is 0.137. The van der Waals surface area contributed by atoms with Crippen molar-refractivity contribution in [3.8, 4) is 0 Å². The zero-order chi connectivity index (χ0) is 21.2. The number of morpholine rings is 1. The Labute approximate surface area is 175 Å². The van der Waals surface area contributed by atoms with Gasteiger partial charge in [0.25, 0.3) is 0 Å². The van der Waals surface area contributed by atoms with E-state index in [1.165, 1.54) is 12.1 Å². The molecular formula is C22H38FN5O. The van der Waals surface area contributed by atoms with Crippen molar-refractivity contribution in [2.45, 2.75) is 32.4 Å². The Bertz CT molecular complexity index is 614. The second kappa shape index (κ2) is 12.1. The second-order valence-electron chi connectivity index (χ2n) is 8.30.